The van der Waals surface area contributed by atoms with Crippen molar-refractivity contribution in [3.05, 3.63) is 72.1 Å². The van der Waals surface area contributed by atoms with Crippen LogP contribution < -0.4 is 10.1 Å². The van der Waals surface area contributed by atoms with Gasteiger partial charge in [0.05, 0.1) is 18.4 Å². The monoisotopic (exact) mass is 340 g/mol. The Balaban J connectivity index is 1.64. The number of nitrogens with one attached hydrogen (secondary N) is 1. The van der Waals surface area contributed by atoms with Crippen molar-refractivity contribution in [3.63, 3.8) is 0 Å². The second kappa shape index (κ2) is 7.57. The molecule has 1 N–H and O–H groups in total. The summed E-state index contributed by atoms with van der Waals surface area (Å²) in [5.74, 6) is 0.455. The first-order valence-corrected chi connectivity index (χ1v) is 7.75. The number of nitrogens with zero attached hydrogens (tertiary/aromatic N) is 3. The van der Waals surface area contributed by atoms with Crippen molar-refractivity contribution < 1.29 is 13.9 Å². The Hall–Kier alpha value is -3.22. The van der Waals surface area contributed by atoms with Crippen LogP contribution in [0.4, 0.5) is 4.39 Å². The van der Waals surface area contributed by atoms with Crippen LogP contribution in [0.25, 0.3) is 5.69 Å². The molecule has 7 heteroatoms. The molecule has 0 aliphatic rings. The fourth-order valence-electron chi connectivity index (χ4n) is 2.40. The number of hydrogen-bond donors (Lipinski definition) is 1. The van der Waals surface area contributed by atoms with Crippen LogP contribution in [0.1, 0.15) is 16.2 Å². The Labute approximate surface area is 144 Å². The van der Waals surface area contributed by atoms with Crippen molar-refractivity contribution >= 4 is 5.91 Å². The Morgan fingerprint density at radius 2 is 1.96 bits per heavy atom. The van der Waals surface area contributed by atoms with Crippen LogP contribution in [-0.4, -0.2) is 34.3 Å². The van der Waals surface area contributed by atoms with Gasteiger partial charge in [0, 0.05) is 13.0 Å². The summed E-state index contributed by atoms with van der Waals surface area (Å²) < 4.78 is 20.4. The number of benzene rings is 2. The summed E-state index contributed by atoms with van der Waals surface area (Å²) >= 11 is 0. The van der Waals surface area contributed by atoms with Crippen molar-refractivity contribution in [3.8, 4) is 11.4 Å². The molecule has 1 aromatic heterocycles. The van der Waals surface area contributed by atoms with E-state index in [2.05, 4.69) is 15.4 Å². The lowest BCUT2D eigenvalue weighted by atomic mass is 10.2. The van der Waals surface area contributed by atoms with Gasteiger partial charge in [0.1, 0.15) is 23.7 Å². The largest absolute Gasteiger partial charge is 0.497 e. The van der Waals surface area contributed by atoms with Gasteiger partial charge in [-0.25, -0.2) is 14.1 Å². The molecule has 0 aliphatic heterocycles. The highest BCUT2D eigenvalue weighted by Crippen LogP contribution is 2.15. The molecule has 128 valence electrons. The summed E-state index contributed by atoms with van der Waals surface area (Å²) in [6.45, 7) is 0.321. The van der Waals surface area contributed by atoms with Crippen LogP contribution in [0.5, 0.6) is 5.75 Å². The Morgan fingerprint density at radius 1 is 1.20 bits per heavy atom. The van der Waals surface area contributed by atoms with E-state index in [1.54, 1.807) is 23.9 Å². The van der Waals surface area contributed by atoms with Gasteiger partial charge in [-0.15, -0.1) is 0 Å². The maximum Gasteiger partial charge on any atom is 0.254 e. The number of carbonyl (C=O) groups excluding carboxylic acids is 1. The van der Waals surface area contributed by atoms with Crippen molar-refractivity contribution in [1.29, 1.82) is 0 Å². The second-order valence-corrected chi connectivity index (χ2v) is 5.27. The van der Waals surface area contributed by atoms with Gasteiger partial charge in [0.2, 0.25) is 0 Å². The number of amides is 1. The van der Waals surface area contributed by atoms with E-state index in [-0.39, 0.29) is 5.56 Å². The molecule has 25 heavy (non-hydrogen) atoms. The Morgan fingerprint density at radius 3 is 2.68 bits per heavy atom. The van der Waals surface area contributed by atoms with Crippen LogP contribution in [0, 0.1) is 5.82 Å². The van der Waals surface area contributed by atoms with E-state index in [9.17, 15) is 9.18 Å². The highest BCUT2D eigenvalue weighted by atomic mass is 19.1. The van der Waals surface area contributed by atoms with E-state index >= 15 is 0 Å². The third kappa shape index (κ3) is 3.82. The molecular weight excluding hydrogens is 323 g/mol. The molecule has 0 unspecified atom stereocenters. The third-order valence-corrected chi connectivity index (χ3v) is 3.69. The lowest BCUT2D eigenvalue weighted by molar-refractivity contribution is 0.0950. The first-order chi connectivity index (χ1) is 12.2. The molecule has 0 saturated carbocycles. The minimum absolute atomic E-state index is 0.0270. The van der Waals surface area contributed by atoms with E-state index in [4.69, 9.17) is 4.74 Å². The fourth-order valence-corrected chi connectivity index (χ4v) is 2.40. The maximum atomic E-state index is 13.6. The van der Waals surface area contributed by atoms with Gasteiger partial charge in [-0.2, -0.15) is 5.10 Å². The van der Waals surface area contributed by atoms with E-state index in [0.717, 1.165) is 11.4 Å². The van der Waals surface area contributed by atoms with E-state index in [0.29, 0.717) is 18.8 Å². The normalized spacial score (nSPS) is 10.5. The zero-order chi connectivity index (χ0) is 17.6. The van der Waals surface area contributed by atoms with Crippen molar-refractivity contribution in [2.45, 2.75) is 6.42 Å². The van der Waals surface area contributed by atoms with Gasteiger partial charge in [-0.1, -0.05) is 12.1 Å². The topological polar surface area (TPSA) is 69.0 Å². The summed E-state index contributed by atoms with van der Waals surface area (Å²) in [5, 5.41) is 6.90. The number of ether oxygens (including phenoxy) is 1. The summed E-state index contributed by atoms with van der Waals surface area (Å²) in [6, 6.07) is 13.3. The van der Waals surface area contributed by atoms with E-state index in [1.807, 2.05) is 24.3 Å². The van der Waals surface area contributed by atoms with Crippen LogP contribution in [0.3, 0.4) is 0 Å². The summed E-state index contributed by atoms with van der Waals surface area (Å²) in [4.78, 5) is 16.2. The smallest absolute Gasteiger partial charge is 0.254 e. The number of halogens is 1. The average Bonchev–Trinajstić information content (AvgIpc) is 3.10. The molecule has 3 aromatic rings. The van der Waals surface area contributed by atoms with Crippen LogP contribution >= 0.6 is 0 Å². The molecule has 1 heterocycles. The molecule has 0 fully saturated rings. The highest BCUT2D eigenvalue weighted by molar-refractivity contribution is 5.94. The molecule has 6 nitrogen and oxygen atoms in total. The fraction of sp³-hybridized carbons (Fsp3) is 0.167. The van der Waals surface area contributed by atoms with E-state index in [1.165, 1.54) is 18.5 Å². The maximum absolute atomic E-state index is 13.6. The SMILES string of the molecule is COc1ccc(-n2ncnc2CCNC(=O)c2ccccc2F)cc1. The number of carbonyl (C=O) groups is 1. The lowest BCUT2D eigenvalue weighted by Gasteiger charge is -2.08. The zero-order valence-electron chi connectivity index (χ0n) is 13.6. The third-order valence-electron chi connectivity index (χ3n) is 3.69. The Kier molecular flexibility index (Phi) is 5.03. The Bertz CT molecular complexity index is 862. The minimum Gasteiger partial charge on any atom is -0.497 e. The average molecular weight is 340 g/mol. The zero-order valence-corrected chi connectivity index (χ0v) is 13.6. The minimum atomic E-state index is -0.540. The highest BCUT2D eigenvalue weighted by Gasteiger charge is 2.11. The van der Waals surface area contributed by atoms with Crippen molar-refractivity contribution in [2.24, 2.45) is 0 Å². The second-order valence-electron chi connectivity index (χ2n) is 5.27. The molecule has 3 rings (SSSR count). The molecule has 1 amide bonds. The molecule has 0 aliphatic carbocycles. The van der Waals surface area contributed by atoms with Gasteiger partial charge in [0.15, 0.2) is 0 Å². The number of aromatic nitrogens is 3. The van der Waals surface area contributed by atoms with Crippen LogP contribution in [0.2, 0.25) is 0 Å². The van der Waals surface area contributed by atoms with Crippen LogP contribution in [0.15, 0.2) is 54.9 Å². The van der Waals surface area contributed by atoms with Gasteiger partial charge in [0.25, 0.3) is 5.91 Å². The molecule has 0 bridgehead atoms. The summed E-state index contributed by atoms with van der Waals surface area (Å²) in [7, 11) is 1.61. The predicted octanol–water partition coefficient (Wildman–Crippen LogP) is 2.39. The number of methoxy groups -OCH3 is 1. The van der Waals surface area contributed by atoms with Gasteiger partial charge in [-0.3, -0.25) is 4.79 Å². The molecular formula is C18H17FN4O2. The van der Waals surface area contributed by atoms with Crippen LogP contribution in [-0.2, 0) is 6.42 Å². The number of rotatable bonds is 6. The molecule has 0 radical (unpaired) electrons. The van der Waals surface area contributed by atoms with E-state index < -0.39 is 11.7 Å². The quantitative estimate of drug-likeness (QED) is 0.748. The van der Waals surface area contributed by atoms with Gasteiger partial charge in [-0.05, 0) is 36.4 Å². The van der Waals surface area contributed by atoms with Crippen molar-refractivity contribution in [1.82, 2.24) is 20.1 Å². The van der Waals surface area contributed by atoms with Gasteiger partial charge >= 0.3 is 0 Å². The van der Waals surface area contributed by atoms with Gasteiger partial charge < -0.3 is 10.1 Å². The first-order valence-electron chi connectivity index (χ1n) is 7.75. The lowest BCUT2D eigenvalue weighted by Crippen LogP contribution is -2.27. The molecule has 0 spiro atoms. The molecule has 2 aromatic carbocycles. The molecule has 0 atom stereocenters. The standard InChI is InChI=1S/C18H17FN4O2/c1-25-14-8-6-13(7-9-14)23-17(21-12-22-23)10-11-20-18(24)15-4-2-3-5-16(15)19/h2-9,12H,10-11H2,1H3,(H,20,24). The summed E-state index contributed by atoms with van der Waals surface area (Å²) in [6.07, 6.45) is 1.92. The number of hydrogen-bond acceptors (Lipinski definition) is 4. The predicted molar refractivity (Wildman–Crippen MR) is 90.3 cm³/mol. The van der Waals surface area contributed by atoms with Crippen molar-refractivity contribution in [2.75, 3.05) is 13.7 Å². The molecule has 0 saturated heterocycles. The summed E-state index contributed by atoms with van der Waals surface area (Å²) in [5.41, 5.74) is 0.868. The first kappa shape index (κ1) is 16.6.